The second-order valence-corrected chi connectivity index (χ2v) is 4.96. The molecule has 0 saturated carbocycles. The van der Waals surface area contributed by atoms with Crippen LogP contribution in [-0.2, 0) is 4.79 Å². The van der Waals surface area contributed by atoms with E-state index in [0.29, 0.717) is 12.8 Å². The maximum Gasteiger partial charge on any atom is 0.329 e. The minimum absolute atomic E-state index is 0.0810. The van der Waals surface area contributed by atoms with Crippen molar-refractivity contribution in [2.45, 2.75) is 52.4 Å². The van der Waals surface area contributed by atoms with Gasteiger partial charge in [-0.1, -0.05) is 39.5 Å². The minimum Gasteiger partial charge on any atom is -0.295 e. The van der Waals surface area contributed by atoms with Crippen molar-refractivity contribution in [2.75, 3.05) is 7.05 Å². The molecule has 1 aliphatic rings. The van der Waals surface area contributed by atoms with Gasteiger partial charge in [-0.3, -0.25) is 20.4 Å². The van der Waals surface area contributed by atoms with Gasteiger partial charge in [-0.25, -0.2) is 4.79 Å². The number of carbonyl (C=O) groups is 2. The Bertz CT molecular complexity index is 344. The van der Waals surface area contributed by atoms with E-state index in [1.54, 1.807) is 0 Å². The van der Waals surface area contributed by atoms with Gasteiger partial charge in [0.2, 0.25) is 5.91 Å². The van der Waals surface area contributed by atoms with Crippen molar-refractivity contribution in [1.82, 2.24) is 10.2 Å². The summed E-state index contributed by atoms with van der Waals surface area (Å²) >= 11 is 0. The first kappa shape index (κ1) is 14.7. The monoisotopic (exact) mass is 253 g/mol. The molecule has 0 aromatic heterocycles. The Kier molecular flexibility index (Phi) is 4.87. The number of carbonyl (C=O) groups excluding carboxylic acids is 2. The first-order chi connectivity index (χ1) is 8.49. The highest BCUT2D eigenvalue weighted by Gasteiger charge is 2.49. The Labute approximate surface area is 108 Å². The first-order valence-electron chi connectivity index (χ1n) is 6.67. The number of imide groups is 1. The van der Waals surface area contributed by atoms with Crippen LogP contribution in [0.25, 0.3) is 0 Å². The smallest absolute Gasteiger partial charge is 0.295 e. The molecular weight excluding hydrogens is 230 g/mol. The van der Waals surface area contributed by atoms with Crippen molar-refractivity contribution in [3.8, 4) is 0 Å². The highest BCUT2D eigenvalue weighted by Crippen LogP contribution is 2.35. The fraction of sp³-hybridized carbons (Fsp3) is 0.769. The molecule has 2 N–H and O–H groups in total. The van der Waals surface area contributed by atoms with Gasteiger partial charge in [-0.15, -0.1) is 0 Å². The van der Waals surface area contributed by atoms with Gasteiger partial charge >= 0.3 is 6.03 Å². The molecule has 0 unspecified atom stereocenters. The van der Waals surface area contributed by atoms with Crippen LogP contribution in [0.1, 0.15) is 52.4 Å². The molecule has 0 radical (unpaired) electrons. The molecule has 1 rings (SSSR count). The summed E-state index contributed by atoms with van der Waals surface area (Å²) in [4.78, 5) is 25.0. The maximum atomic E-state index is 12.4. The average Bonchev–Trinajstić information content (AvgIpc) is 2.36. The number of nitrogens with zero attached hydrogens (tertiary/aromatic N) is 1. The summed E-state index contributed by atoms with van der Waals surface area (Å²) in [6.07, 6.45) is 5.03. The molecule has 18 heavy (non-hydrogen) atoms. The lowest BCUT2D eigenvalue weighted by Gasteiger charge is -2.40. The maximum absolute atomic E-state index is 12.4. The van der Waals surface area contributed by atoms with Crippen LogP contribution in [0.15, 0.2) is 0 Å². The predicted molar refractivity (Wildman–Crippen MR) is 70.5 cm³/mol. The Morgan fingerprint density at radius 2 is 1.67 bits per heavy atom. The molecule has 0 spiro atoms. The summed E-state index contributed by atoms with van der Waals surface area (Å²) in [5, 5.41) is 10.5. The number of amidine groups is 1. The largest absolute Gasteiger partial charge is 0.329 e. The molecule has 102 valence electrons. The Hall–Kier alpha value is -1.39. The first-order valence-corrected chi connectivity index (χ1v) is 6.67. The van der Waals surface area contributed by atoms with Gasteiger partial charge in [0.15, 0.2) is 0 Å². The van der Waals surface area contributed by atoms with Crippen LogP contribution < -0.4 is 5.32 Å². The highest BCUT2D eigenvalue weighted by atomic mass is 16.2. The minimum atomic E-state index is -0.811. The van der Waals surface area contributed by atoms with E-state index in [1.165, 1.54) is 7.05 Å². The SMILES string of the molecule is CCCCC1(CCCC)C(=N)NC(=O)N(C)C1=O. The molecule has 5 nitrogen and oxygen atoms in total. The van der Waals surface area contributed by atoms with Crippen molar-refractivity contribution < 1.29 is 9.59 Å². The van der Waals surface area contributed by atoms with E-state index < -0.39 is 11.4 Å². The summed E-state index contributed by atoms with van der Waals surface area (Å²) < 4.78 is 0. The standard InChI is InChI=1S/C13H23N3O2/c1-4-6-8-13(9-7-5-2)10(14)15-12(18)16(3)11(13)17/h4-9H2,1-3H3,(H2,14,15,18). The van der Waals surface area contributed by atoms with E-state index in [9.17, 15) is 9.59 Å². The Morgan fingerprint density at radius 3 is 2.11 bits per heavy atom. The normalized spacial score (nSPS) is 19.1. The molecule has 1 heterocycles. The fourth-order valence-corrected chi connectivity index (χ4v) is 2.38. The van der Waals surface area contributed by atoms with Gasteiger partial charge in [0.1, 0.15) is 11.3 Å². The van der Waals surface area contributed by atoms with Crippen LogP contribution in [0.3, 0.4) is 0 Å². The van der Waals surface area contributed by atoms with E-state index in [-0.39, 0.29) is 11.7 Å². The number of hydrogen-bond donors (Lipinski definition) is 2. The number of urea groups is 1. The van der Waals surface area contributed by atoms with Crippen molar-refractivity contribution in [3.05, 3.63) is 0 Å². The second-order valence-electron chi connectivity index (χ2n) is 4.96. The van der Waals surface area contributed by atoms with E-state index in [1.807, 2.05) is 0 Å². The van der Waals surface area contributed by atoms with E-state index in [4.69, 9.17) is 5.41 Å². The summed E-state index contributed by atoms with van der Waals surface area (Å²) in [5.74, 6) is -0.143. The molecule has 3 amide bonds. The van der Waals surface area contributed by atoms with E-state index in [0.717, 1.165) is 30.6 Å². The van der Waals surface area contributed by atoms with Crippen LogP contribution in [-0.4, -0.2) is 29.7 Å². The molecule has 1 aliphatic heterocycles. The third-order valence-corrected chi connectivity index (χ3v) is 3.64. The Morgan fingerprint density at radius 1 is 1.17 bits per heavy atom. The fourth-order valence-electron chi connectivity index (χ4n) is 2.38. The number of hydrogen-bond acceptors (Lipinski definition) is 3. The van der Waals surface area contributed by atoms with Gasteiger partial charge in [0, 0.05) is 7.05 Å². The van der Waals surface area contributed by atoms with Crippen LogP contribution in [0.5, 0.6) is 0 Å². The summed E-state index contributed by atoms with van der Waals surface area (Å²) in [6.45, 7) is 4.12. The third-order valence-electron chi connectivity index (χ3n) is 3.64. The molecule has 5 heteroatoms. The molecule has 0 aromatic rings. The number of unbranched alkanes of at least 4 members (excludes halogenated alkanes) is 2. The molecular formula is C13H23N3O2. The van der Waals surface area contributed by atoms with Crippen molar-refractivity contribution >= 4 is 17.8 Å². The quantitative estimate of drug-likeness (QED) is 0.763. The molecule has 0 atom stereocenters. The highest BCUT2D eigenvalue weighted by molar-refractivity contribution is 6.19. The lowest BCUT2D eigenvalue weighted by molar-refractivity contribution is -0.136. The van der Waals surface area contributed by atoms with Gasteiger partial charge in [0.05, 0.1) is 0 Å². The summed E-state index contributed by atoms with van der Waals surface area (Å²) in [5.41, 5.74) is -0.811. The number of nitrogens with one attached hydrogen (secondary N) is 2. The summed E-state index contributed by atoms with van der Waals surface area (Å²) in [7, 11) is 1.48. The van der Waals surface area contributed by atoms with Crippen LogP contribution in [0, 0.1) is 10.8 Å². The summed E-state index contributed by atoms with van der Waals surface area (Å²) in [6, 6.07) is -0.492. The zero-order valence-corrected chi connectivity index (χ0v) is 11.5. The lowest BCUT2D eigenvalue weighted by Crippen LogP contribution is -2.62. The van der Waals surface area contributed by atoms with Gasteiger partial charge < -0.3 is 0 Å². The molecule has 0 bridgehead atoms. The molecule has 1 saturated heterocycles. The average molecular weight is 253 g/mol. The molecule has 1 fully saturated rings. The van der Waals surface area contributed by atoms with Crippen LogP contribution in [0.4, 0.5) is 4.79 Å². The van der Waals surface area contributed by atoms with E-state index in [2.05, 4.69) is 19.2 Å². The van der Waals surface area contributed by atoms with Crippen LogP contribution in [0.2, 0.25) is 0 Å². The van der Waals surface area contributed by atoms with Crippen LogP contribution >= 0.6 is 0 Å². The third kappa shape index (κ3) is 2.54. The van der Waals surface area contributed by atoms with Crippen molar-refractivity contribution in [1.29, 1.82) is 5.41 Å². The van der Waals surface area contributed by atoms with Crippen molar-refractivity contribution in [3.63, 3.8) is 0 Å². The lowest BCUT2D eigenvalue weighted by atomic mass is 9.74. The molecule has 0 aliphatic carbocycles. The van der Waals surface area contributed by atoms with E-state index >= 15 is 0 Å². The Balaban J connectivity index is 3.00. The predicted octanol–water partition coefficient (Wildman–Crippen LogP) is 2.51. The van der Waals surface area contributed by atoms with Gasteiger partial charge in [-0.05, 0) is 12.8 Å². The number of rotatable bonds is 6. The van der Waals surface area contributed by atoms with Crippen molar-refractivity contribution in [2.24, 2.45) is 5.41 Å². The molecule has 0 aromatic carbocycles. The second kappa shape index (κ2) is 5.98. The topological polar surface area (TPSA) is 73.3 Å². The van der Waals surface area contributed by atoms with Gasteiger partial charge in [-0.2, -0.15) is 0 Å². The zero-order valence-electron chi connectivity index (χ0n) is 11.5. The number of amides is 3. The van der Waals surface area contributed by atoms with Gasteiger partial charge in [0.25, 0.3) is 0 Å². The zero-order chi connectivity index (χ0) is 13.8.